The number of urea groups is 1. The monoisotopic (exact) mass is 431 g/mol. The molecule has 0 aliphatic carbocycles. The molecule has 2 amide bonds. The van der Waals surface area contributed by atoms with Crippen molar-refractivity contribution >= 4 is 29.1 Å². The van der Waals surface area contributed by atoms with Crippen molar-refractivity contribution in [1.82, 2.24) is 15.1 Å². The lowest BCUT2D eigenvalue weighted by atomic mass is 10.1. The van der Waals surface area contributed by atoms with E-state index < -0.39 is 0 Å². The molecule has 156 valence electrons. The van der Waals surface area contributed by atoms with E-state index in [-0.39, 0.29) is 6.03 Å². The van der Waals surface area contributed by atoms with Gasteiger partial charge >= 0.3 is 6.03 Å². The number of hydrogen-bond donors (Lipinski definition) is 3. The largest absolute Gasteiger partial charge is 0.382 e. The van der Waals surface area contributed by atoms with Crippen LogP contribution >= 0.6 is 11.6 Å². The van der Waals surface area contributed by atoms with Crippen LogP contribution in [0, 0.1) is 0 Å². The van der Waals surface area contributed by atoms with Crippen LogP contribution in [0.5, 0.6) is 0 Å². The maximum absolute atomic E-state index is 12.6. The lowest BCUT2D eigenvalue weighted by Crippen LogP contribution is -2.28. The van der Waals surface area contributed by atoms with Crippen molar-refractivity contribution in [1.29, 1.82) is 0 Å². The zero-order valence-electron chi connectivity index (χ0n) is 16.8. The van der Waals surface area contributed by atoms with Crippen LogP contribution in [0.1, 0.15) is 11.1 Å². The van der Waals surface area contributed by atoms with E-state index in [2.05, 4.69) is 15.7 Å². The topological polar surface area (TPSA) is 85.0 Å². The van der Waals surface area contributed by atoms with Crippen LogP contribution in [-0.2, 0) is 13.1 Å². The molecule has 6 nitrogen and oxygen atoms in total. The van der Waals surface area contributed by atoms with Gasteiger partial charge in [0.1, 0.15) is 17.2 Å². The van der Waals surface area contributed by atoms with Crippen molar-refractivity contribution in [2.45, 2.75) is 13.1 Å². The average Bonchev–Trinajstić information content (AvgIpc) is 3.09. The molecule has 0 spiro atoms. The number of anilines is 2. The zero-order chi connectivity index (χ0) is 21.6. The Balaban J connectivity index is 1.60. The first-order chi connectivity index (χ1) is 15.1. The first-order valence-electron chi connectivity index (χ1n) is 9.85. The van der Waals surface area contributed by atoms with Gasteiger partial charge in [-0.05, 0) is 23.3 Å². The van der Waals surface area contributed by atoms with Crippen molar-refractivity contribution in [2.24, 2.45) is 0 Å². The van der Waals surface area contributed by atoms with Gasteiger partial charge in [-0.15, -0.1) is 0 Å². The Kier molecular flexibility index (Phi) is 6.19. The predicted molar refractivity (Wildman–Crippen MR) is 125 cm³/mol. The van der Waals surface area contributed by atoms with E-state index in [0.717, 1.165) is 16.7 Å². The molecule has 4 rings (SSSR count). The molecule has 0 unspecified atom stereocenters. The van der Waals surface area contributed by atoms with Gasteiger partial charge < -0.3 is 16.4 Å². The van der Waals surface area contributed by atoms with Crippen LogP contribution in [0.15, 0.2) is 84.9 Å². The Morgan fingerprint density at radius 1 is 0.903 bits per heavy atom. The summed E-state index contributed by atoms with van der Waals surface area (Å²) in [7, 11) is 0. The minimum atomic E-state index is -0.356. The third kappa shape index (κ3) is 5.05. The van der Waals surface area contributed by atoms with E-state index in [9.17, 15) is 4.79 Å². The van der Waals surface area contributed by atoms with E-state index in [1.54, 1.807) is 16.8 Å². The molecule has 3 aromatic carbocycles. The number of halogens is 1. The summed E-state index contributed by atoms with van der Waals surface area (Å²) in [5.41, 5.74) is 10.3. The maximum Gasteiger partial charge on any atom is 0.319 e. The molecule has 0 saturated carbocycles. The zero-order valence-corrected chi connectivity index (χ0v) is 17.5. The standard InChI is InChI=1S/C24H22ClN5O/c25-20-13-11-19(12-14-20)21-22(28-24(31)27-15-17-7-3-1-4-8-17)23(26)30(29-21)16-18-9-5-2-6-10-18/h1-14H,15-16,26H2,(H2,27,28,31). The minimum Gasteiger partial charge on any atom is -0.382 e. The molecule has 0 aliphatic rings. The molecular formula is C24H22ClN5O. The number of amides is 2. The van der Waals surface area contributed by atoms with Crippen LogP contribution < -0.4 is 16.4 Å². The molecule has 1 aromatic heterocycles. The Labute approximate surface area is 185 Å². The summed E-state index contributed by atoms with van der Waals surface area (Å²) in [5.74, 6) is 0.378. The van der Waals surface area contributed by atoms with Gasteiger partial charge in [-0.25, -0.2) is 9.48 Å². The molecular weight excluding hydrogens is 410 g/mol. The van der Waals surface area contributed by atoms with Crippen molar-refractivity contribution in [3.05, 3.63) is 101 Å². The van der Waals surface area contributed by atoms with Gasteiger partial charge in [0.05, 0.1) is 6.54 Å². The number of rotatable bonds is 6. The summed E-state index contributed by atoms with van der Waals surface area (Å²) in [5, 5.41) is 11.0. The van der Waals surface area contributed by atoms with Crippen molar-refractivity contribution in [2.75, 3.05) is 11.1 Å². The number of hydrogen-bond acceptors (Lipinski definition) is 3. The Morgan fingerprint density at radius 2 is 1.52 bits per heavy atom. The van der Waals surface area contributed by atoms with E-state index in [1.807, 2.05) is 72.8 Å². The summed E-state index contributed by atoms with van der Waals surface area (Å²) >= 11 is 6.04. The molecule has 0 saturated heterocycles. The molecule has 0 atom stereocenters. The number of carbonyl (C=O) groups is 1. The van der Waals surface area contributed by atoms with Gasteiger partial charge in [-0.2, -0.15) is 5.10 Å². The second kappa shape index (κ2) is 9.36. The quantitative estimate of drug-likeness (QED) is 0.394. The highest BCUT2D eigenvalue weighted by molar-refractivity contribution is 6.30. The Hall–Kier alpha value is -3.77. The summed E-state index contributed by atoms with van der Waals surface area (Å²) in [4.78, 5) is 12.6. The second-order valence-corrected chi connectivity index (χ2v) is 7.49. The van der Waals surface area contributed by atoms with Crippen LogP contribution in [-0.4, -0.2) is 15.8 Å². The summed E-state index contributed by atoms with van der Waals surface area (Å²) in [6.45, 7) is 0.890. The van der Waals surface area contributed by atoms with Crippen molar-refractivity contribution in [3.63, 3.8) is 0 Å². The average molecular weight is 432 g/mol. The Morgan fingerprint density at radius 3 is 2.16 bits per heavy atom. The summed E-state index contributed by atoms with van der Waals surface area (Å²) < 4.78 is 1.69. The lowest BCUT2D eigenvalue weighted by molar-refractivity contribution is 0.252. The fourth-order valence-corrected chi connectivity index (χ4v) is 3.35. The highest BCUT2D eigenvalue weighted by Crippen LogP contribution is 2.33. The molecule has 4 aromatic rings. The maximum atomic E-state index is 12.6. The van der Waals surface area contributed by atoms with E-state index >= 15 is 0 Å². The number of aromatic nitrogens is 2. The fraction of sp³-hybridized carbons (Fsp3) is 0.0833. The molecule has 0 aliphatic heterocycles. The summed E-state index contributed by atoms with van der Waals surface area (Å²) in [6.07, 6.45) is 0. The molecule has 0 bridgehead atoms. The fourth-order valence-electron chi connectivity index (χ4n) is 3.22. The number of carbonyl (C=O) groups excluding carboxylic acids is 1. The van der Waals surface area contributed by atoms with Crippen LogP contribution in [0.2, 0.25) is 5.02 Å². The van der Waals surface area contributed by atoms with Gasteiger partial charge in [-0.1, -0.05) is 84.4 Å². The van der Waals surface area contributed by atoms with Crippen LogP contribution in [0.3, 0.4) is 0 Å². The number of benzene rings is 3. The number of nitrogens with zero attached hydrogens (tertiary/aromatic N) is 2. The first kappa shape index (κ1) is 20.5. The van der Waals surface area contributed by atoms with Crippen LogP contribution in [0.25, 0.3) is 11.3 Å². The smallest absolute Gasteiger partial charge is 0.319 e. The van der Waals surface area contributed by atoms with E-state index in [1.165, 1.54) is 0 Å². The molecule has 31 heavy (non-hydrogen) atoms. The molecule has 0 radical (unpaired) electrons. The molecule has 1 heterocycles. The highest BCUT2D eigenvalue weighted by atomic mass is 35.5. The Bertz CT molecular complexity index is 1160. The van der Waals surface area contributed by atoms with Crippen LogP contribution in [0.4, 0.5) is 16.3 Å². The SMILES string of the molecule is Nc1c(NC(=O)NCc2ccccc2)c(-c2ccc(Cl)cc2)nn1Cc1ccccc1. The number of nitrogens with one attached hydrogen (secondary N) is 2. The van der Waals surface area contributed by atoms with Crippen molar-refractivity contribution < 1.29 is 4.79 Å². The third-order valence-electron chi connectivity index (χ3n) is 4.82. The third-order valence-corrected chi connectivity index (χ3v) is 5.07. The van der Waals surface area contributed by atoms with Gasteiger partial charge in [-0.3, -0.25) is 0 Å². The van der Waals surface area contributed by atoms with E-state index in [4.69, 9.17) is 17.3 Å². The normalized spacial score (nSPS) is 10.6. The first-order valence-corrected chi connectivity index (χ1v) is 10.2. The lowest BCUT2D eigenvalue weighted by Gasteiger charge is -2.09. The van der Waals surface area contributed by atoms with Gasteiger partial charge in [0, 0.05) is 17.1 Å². The van der Waals surface area contributed by atoms with Crippen molar-refractivity contribution in [3.8, 4) is 11.3 Å². The molecule has 4 N–H and O–H groups in total. The number of nitrogen functional groups attached to an aromatic ring is 1. The van der Waals surface area contributed by atoms with E-state index in [0.29, 0.717) is 35.3 Å². The second-order valence-electron chi connectivity index (χ2n) is 7.05. The number of nitrogens with two attached hydrogens (primary N) is 1. The minimum absolute atomic E-state index is 0.356. The molecule has 7 heteroatoms. The predicted octanol–water partition coefficient (Wildman–Crippen LogP) is 5.16. The van der Waals surface area contributed by atoms with Gasteiger partial charge in [0.2, 0.25) is 0 Å². The van der Waals surface area contributed by atoms with Gasteiger partial charge in [0.25, 0.3) is 0 Å². The molecule has 0 fully saturated rings. The highest BCUT2D eigenvalue weighted by Gasteiger charge is 2.19. The van der Waals surface area contributed by atoms with Gasteiger partial charge in [0.15, 0.2) is 0 Å². The summed E-state index contributed by atoms with van der Waals surface area (Å²) in [6, 6.07) is 26.5.